The Kier molecular flexibility index (Phi) is 4.58. The minimum atomic E-state index is 0.0884. The number of nitrogens with one attached hydrogen (secondary N) is 1. The van der Waals surface area contributed by atoms with E-state index in [-0.39, 0.29) is 17.9 Å². The molecule has 0 aliphatic heterocycles. The Morgan fingerprint density at radius 2 is 2.37 bits per heavy atom. The Balaban J connectivity index is 1.89. The van der Waals surface area contributed by atoms with Gasteiger partial charge >= 0.3 is 0 Å². The first-order chi connectivity index (χ1) is 9.10. The highest BCUT2D eigenvalue weighted by molar-refractivity contribution is 5.78. The van der Waals surface area contributed by atoms with E-state index in [1.54, 1.807) is 4.68 Å². The van der Waals surface area contributed by atoms with Gasteiger partial charge in [-0.15, -0.1) is 0 Å². The van der Waals surface area contributed by atoms with Crippen LogP contribution in [0.25, 0.3) is 0 Å². The number of carbonyl (C=O) groups excluding carboxylic acids is 1. The van der Waals surface area contributed by atoms with E-state index in [0.717, 1.165) is 43.4 Å². The lowest BCUT2D eigenvalue weighted by molar-refractivity contribution is -0.126. The van der Waals surface area contributed by atoms with E-state index in [1.165, 1.54) is 0 Å². The molecule has 0 saturated heterocycles. The zero-order valence-corrected chi connectivity index (χ0v) is 11.9. The van der Waals surface area contributed by atoms with Gasteiger partial charge in [0.1, 0.15) is 0 Å². The number of carbonyl (C=O) groups is 1. The Bertz CT molecular complexity index is 441. The molecule has 1 aliphatic carbocycles. The van der Waals surface area contributed by atoms with Crippen molar-refractivity contribution < 1.29 is 4.79 Å². The molecule has 1 saturated carbocycles. The molecule has 1 aliphatic rings. The van der Waals surface area contributed by atoms with Crippen LogP contribution in [0, 0.1) is 5.92 Å². The van der Waals surface area contributed by atoms with Crippen LogP contribution in [0.1, 0.15) is 43.9 Å². The second kappa shape index (κ2) is 6.19. The lowest BCUT2D eigenvalue weighted by Gasteiger charge is -2.25. The number of nitrogens with zero attached hydrogens (tertiary/aromatic N) is 2. The maximum atomic E-state index is 12.1. The summed E-state index contributed by atoms with van der Waals surface area (Å²) in [6.07, 6.45) is 6.76. The summed E-state index contributed by atoms with van der Waals surface area (Å²) in [5, 5.41) is 7.41. The van der Waals surface area contributed by atoms with Gasteiger partial charge in [0.2, 0.25) is 5.91 Å². The van der Waals surface area contributed by atoms with Crippen molar-refractivity contribution in [2.75, 3.05) is 0 Å². The summed E-state index contributed by atoms with van der Waals surface area (Å²) in [5.41, 5.74) is 8.09. The number of aryl methyl sites for hydroxylation is 2. The number of amides is 1. The van der Waals surface area contributed by atoms with Crippen LogP contribution >= 0.6 is 0 Å². The molecule has 2 atom stereocenters. The minimum Gasteiger partial charge on any atom is -0.352 e. The third-order valence-electron chi connectivity index (χ3n) is 3.87. The minimum absolute atomic E-state index is 0.0884. The van der Waals surface area contributed by atoms with Crippen LogP contribution < -0.4 is 11.1 Å². The molecule has 5 nitrogen and oxygen atoms in total. The van der Waals surface area contributed by atoms with E-state index in [4.69, 9.17) is 5.73 Å². The summed E-state index contributed by atoms with van der Waals surface area (Å²) in [7, 11) is 1.91. The quantitative estimate of drug-likeness (QED) is 0.856. The number of hydrogen-bond acceptors (Lipinski definition) is 3. The van der Waals surface area contributed by atoms with Crippen LogP contribution in [0.15, 0.2) is 6.20 Å². The van der Waals surface area contributed by atoms with E-state index in [9.17, 15) is 4.79 Å². The van der Waals surface area contributed by atoms with Gasteiger partial charge in [0.25, 0.3) is 0 Å². The molecule has 2 rings (SSSR count). The van der Waals surface area contributed by atoms with E-state index in [2.05, 4.69) is 17.3 Å². The van der Waals surface area contributed by atoms with Gasteiger partial charge in [-0.25, -0.2) is 0 Å². The zero-order chi connectivity index (χ0) is 13.8. The molecule has 1 fully saturated rings. The fourth-order valence-electron chi connectivity index (χ4n) is 2.82. The normalized spacial score (nSPS) is 23.3. The fraction of sp³-hybridized carbons (Fsp3) is 0.714. The lowest BCUT2D eigenvalue weighted by Crippen LogP contribution is -2.37. The van der Waals surface area contributed by atoms with Crippen molar-refractivity contribution in [2.24, 2.45) is 18.7 Å². The maximum absolute atomic E-state index is 12.1. The zero-order valence-electron chi connectivity index (χ0n) is 11.9. The van der Waals surface area contributed by atoms with Crippen LogP contribution in [0.2, 0.25) is 0 Å². The second-order valence-corrected chi connectivity index (χ2v) is 5.47. The van der Waals surface area contributed by atoms with Crippen LogP contribution in [-0.2, 0) is 24.8 Å². The summed E-state index contributed by atoms with van der Waals surface area (Å²) in [6, 6.07) is 0.189. The summed E-state index contributed by atoms with van der Waals surface area (Å²) in [6.45, 7) is 2.65. The maximum Gasteiger partial charge on any atom is 0.223 e. The largest absolute Gasteiger partial charge is 0.352 e. The van der Waals surface area contributed by atoms with Crippen LogP contribution in [-0.4, -0.2) is 21.7 Å². The van der Waals surface area contributed by atoms with Gasteiger partial charge in [0, 0.05) is 37.3 Å². The van der Waals surface area contributed by atoms with Crippen LogP contribution in [0.4, 0.5) is 0 Å². The molecule has 19 heavy (non-hydrogen) atoms. The third-order valence-corrected chi connectivity index (χ3v) is 3.87. The predicted molar refractivity (Wildman–Crippen MR) is 74.4 cm³/mol. The van der Waals surface area contributed by atoms with E-state index < -0.39 is 0 Å². The van der Waals surface area contributed by atoms with Gasteiger partial charge < -0.3 is 11.1 Å². The lowest BCUT2D eigenvalue weighted by atomic mass is 9.85. The average Bonchev–Trinajstić information content (AvgIpc) is 2.76. The molecular formula is C14H24N4O. The molecule has 0 bridgehead atoms. The molecule has 0 radical (unpaired) electrons. The average molecular weight is 264 g/mol. The van der Waals surface area contributed by atoms with E-state index in [1.807, 2.05) is 13.2 Å². The van der Waals surface area contributed by atoms with Gasteiger partial charge in [0.05, 0.1) is 5.69 Å². The van der Waals surface area contributed by atoms with Gasteiger partial charge in [0.15, 0.2) is 0 Å². The van der Waals surface area contributed by atoms with E-state index >= 15 is 0 Å². The molecule has 3 N–H and O–H groups in total. The summed E-state index contributed by atoms with van der Waals surface area (Å²) < 4.78 is 1.80. The number of nitrogens with two attached hydrogens (primary N) is 1. The van der Waals surface area contributed by atoms with Crippen molar-refractivity contribution in [3.05, 3.63) is 17.5 Å². The molecule has 0 spiro atoms. The standard InChI is InChI=1S/C14H24N4O/c1-3-13-11(9-18(2)17-13)8-16-14(19)10-5-4-6-12(15)7-10/h9-10,12H,3-8,15H2,1-2H3,(H,16,19). The molecule has 1 heterocycles. The van der Waals surface area contributed by atoms with Gasteiger partial charge in [-0.2, -0.15) is 5.10 Å². The van der Waals surface area contributed by atoms with Crippen LogP contribution in [0.3, 0.4) is 0 Å². The third kappa shape index (κ3) is 3.56. The Labute approximate surface area is 114 Å². The van der Waals surface area contributed by atoms with Crippen molar-refractivity contribution >= 4 is 5.91 Å². The molecule has 2 unspecified atom stereocenters. The smallest absolute Gasteiger partial charge is 0.223 e. The molecule has 106 valence electrons. The van der Waals surface area contributed by atoms with Gasteiger partial charge in [-0.3, -0.25) is 9.48 Å². The highest BCUT2D eigenvalue weighted by Crippen LogP contribution is 2.23. The Morgan fingerprint density at radius 1 is 1.58 bits per heavy atom. The summed E-state index contributed by atoms with van der Waals surface area (Å²) in [4.78, 5) is 12.1. The number of aromatic nitrogens is 2. The highest BCUT2D eigenvalue weighted by Gasteiger charge is 2.25. The molecule has 1 aromatic heterocycles. The molecule has 0 aromatic carbocycles. The Morgan fingerprint density at radius 3 is 3.05 bits per heavy atom. The number of hydrogen-bond donors (Lipinski definition) is 2. The number of rotatable bonds is 4. The van der Waals surface area contributed by atoms with Crippen molar-refractivity contribution in [1.29, 1.82) is 0 Å². The van der Waals surface area contributed by atoms with Gasteiger partial charge in [-0.1, -0.05) is 13.3 Å². The highest BCUT2D eigenvalue weighted by atomic mass is 16.1. The summed E-state index contributed by atoms with van der Waals surface area (Å²) in [5.74, 6) is 0.228. The summed E-state index contributed by atoms with van der Waals surface area (Å²) >= 11 is 0. The Hall–Kier alpha value is -1.36. The molecular weight excluding hydrogens is 240 g/mol. The van der Waals surface area contributed by atoms with Gasteiger partial charge in [-0.05, 0) is 25.7 Å². The molecule has 5 heteroatoms. The monoisotopic (exact) mass is 264 g/mol. The van der Waals surface area contributed by atoms with Crippen molar-refractivity contribution in [3.63, 3.8) is 0 Å². The molecule has 1 amide bonds. The van der Waals surface area contributed by atoms with Crippen LogP contribution in [0.5, 0.6) is 0 Å². The fourth-order valence-corrected chi connectivity index (χ4v) is 2.82. The van der Waals surface area contributed by atoms with Crippen molar-refractivity contribution in [3.8, 4) is 0 Å². The first kappa shape index (κ1) is 14.1. The predicted octanol–water partition coefficient (Wildman–Crippen LogP) is 1.12. The van der Waals surface area contributed by atoms with E-state index in [0.29, 0.717) is 6.54 Å². The van der Waals surface area contributed by atoms with Crippen molar-refractivity contribution in [1.82, 2.24) is 15.1 Å². The second-order valence-electron chi connectivity index (χ2n) is 5.47. The topological polar surface area (TPSA) is 72.9 Å². The molecule has 1 aromatic rings. The first-order valence-electron chi connectivity index (χ1n) is 7.14. The van der Waals surface area contributed by atoms with Crippen molar-refractivity contribution in [2.45, 2.75) is 51.6 Å². The SMILES string of the molecule is CCc1nn(C)cc1CNC(=O)C1CCCC(N)C1. The first-order valence-corrected chi connectivity index (χ1v) is 7.14.